The van der Waals surface area contributed by atoms with Crippen LogP contribution in [0.4, 0.5) is 5.95 Å². The lowest BCUT2D eigenvalue weighted by atomic mass is 10.2. The van der Waals surface area contributed by atoms with Gasteiger partial charge in [0.2, 0.25) is 16.0 Å². The van der Waals surface area contributed by atoms with Crippen molar-refractivity contribution < 1.29 is 8.42 Å². The molecule has 0 saturated carbocycles. The summed E-state index contributed by atoms with van der Waals surface area (Å²) in [6.45, 7) is 2.18. The number of anilines is 1. The number of hydrogen-bond acceptors (Lipinski definition) is 7. The molecule has 2 heterocycles. The molecule has 0 aliphatic carbocycles. The number of sulfonamides is 1. The van der Waals surface area contributed by atoms with Crippen molar-refractivity contribution in [1.29, 1.82) is 0 Å². The van der Waals surface area contributed by atoms with Crippen LogP contribution in [0.3, 0.4) is 0 Å². The van der Waals surface area contributed by atoms with Gasteiger partial charge in [0.1, 0.15) is 4.90 Å². The van der Waals surface area contributed by atoms with E-state index in [1.54, 1.807) is 0 Å². The van der Waals surface area contributed by atoms with E-state index in [0.717, 1.165) is 11.1 Å². The van der Waals surface area contributed by atoms with Crippen molar-refractivity contribution in [3.05, 3.63) is 34.3 Å². The molecule has 19 heavy (non-hydrogen) atoms. The van der Waals surface area contributed by atoms with Gasteiger partial charge >= 0.3 is 0 Å². The van der Waals surface area contributed by atoms with E-state index in [0.29, 0.717) is 0 Å². The minimum atomic E-state index is -3.62. The monoisotopic (exact) mass is 299 g/mol. The van der Waals surface area contributed by atoms with Gasteiger partial charge in [0.05, 0.1) is 12.4 Å². The highest BCUT2D eigenvalue weighted by Gasteiger charge is 2.15. The van der Waals surface area contributed by atoms with Gasteiger partial charge in [-0.15, -0.1) is 0 Å². The van der Waals surface area contributed by atoms with Gasteiger partial charge in [0.15, 0.2) is 0 Å². The molecule has 2 rings (SSSR count). The zero-order chi connectivity index (χ0) is 13.9. The van der Waals surface area contributed by atoms with E-state index in [2.05, 4.69) is 20.1 Å². The van der Waals surface area contributed by atoms with Gasteiger partial charge in [-0.05, 0) is 28.8 Å². The summed E-state index contributed by atoms with van der Waals surface area (Å²) < 4.78 is 26.5. The van der Waals surface area contributed by atoms with Crippen LogP contribution >= 0.6 is 11.3 Å². The van der Waals surface area contributed by atoms with E-state index in [-0.39, 0.29) is 17.4 Å². The number of nitrogens with one attached hydrogen (secondary N) is 2. The molecule has 9 heteroatoms. The standard InChI is InChI=1S/C10H13N5O2S2/c1-7-5-18-6-8(7)2-14-19(16,17)9-3-12-10(15-11)13-4-9/h3-6,14H,2,11H2,1H3,(H,12,13,15). The molecule has 0 atom stereocenters. The number of nitrogen functional groups attached to an aromatic ring is 1. The number of nitrogens with zero attached hydrogens (tertiary/aromatic N) is 2. The smallest absolute Gasteiger partial charge is 0.243 e. The second kappa shape index (κ2) is 5.61. The van der Waals surface area contributed by atoms with E-state index in [9.17, 15) is 8.42 Å². The van der Waals surface area contributed by atoms with Gasteiger partial charge in [0, 0.05) is 6.54 Å². The number of thiophene rings is 1. The Morgan fingerprint density at radius 3 is 2.53 bits per heavy atom. The molecule has 0 fully saturated rings. The maximum Gasteiger partial charge on any atom is 0.243 e. The summed E-state index contributed by atoms with van der Waals surface area (Å²) in [5.41, 5.74) is 4.25. The van der Waals surface area contributed by atoms with Gasteiger partial charge in [-0.2, -0.15) is 11.3 Å². The van der Waals surface area contributed by atoms with Gasteiger partial charge in [-0.1, -0.05) is 0 Å². The van der Waals surface area contributed by atoms with Crippen LogP contribution in [-0.2, 0) is 16.6 Å². The maximum absolute atomic E-state index is 12.0. The Morgan fingerprint density at radius 1 is 1.32 bits per heavy atom. The van der Waals surface area contributed by atoms with Crippen molar-refractivity contribution in [1.82, 2.24) is 14.7 Å². The highest BCUT2D eigenvalue weighted by Crippen LogP contribution is 2.14. The van der Waals surface area contributed by atoms with Crippen LogP contribution in [0.15, 0.2) is 28.0 Å². The first kappa shape index (κ1) is 13.9. The normalized spacial score (nSPS) is 11.5. The van der Waals surface area contributed by atoms with Gasteiger partial charge in [-0.3, -0.25) is 5.43 Å². The first-order valence-corrected chi connectivity index (χ1v) is 7.75. The average molecular weight is 299 g/mol. The molecular formula is C10H13N5O2S2. The van der Waals surface area contributed by atoms with Crippen molar-refractivity contribution in [2.45, 2.75) is 18.4 Å². The van der Waals surface area contributed by atoms with Crippen molar-refractivity contribution in [2.24, 2.45) is 5.84 Å². The van der Waals surface area contributed by atoms with E-state index < -0.39 is 10.0 Å². The maximum atomic E-state index is 12.0. The Kier molecular flexibility index (Phi) is 4.10. The van der Waals surface area contributed by atoms with Crippen LogP contribution in [-0.4, -0.2) is 18.4 Å². The van der Waals surface area contributed by atoms with Crippen molar-refractivity contribution in [3.8, 4) is 0 Å². The van der Waals surface area contributed by atoms with Crippen molar-refractivity contribution in [3.63, 3.8) is 0 Å². The Bertz CT molecular complexity index is 651. The lowest BCUT2D eigenvalue weighted by Crippen LogP contribution is -2.24. The fourth-order valence-corrected chi connectivity index (χ4v) is 3.11. The Morgan fingerprint density at radius 2 is 2.00 bits per heavy atom. The van der Waals surface area contributed by atoms with Gasteiger partial charge in [0.25, 0.3) is 0 Å². The SMILES string of the molecule is Cc1cscc1CNS(=O)(=O)c1cnc(NN)nc1. The minimum absolute atomic E-state index is 0.000572. The van der Waals surface area contributed by atoms with E-state index in [1.807, 2.05) is 17.7 Å². The minimum Gasteiger partial charge on any atom is -0.292 e. The summed E-state index contributed by atoms with van der Waals surface area (Å²) in [5, 5.41) is 3.88. The molecule has 0 bridgehead atoms. The molecule has 7 nitrogen and oxygen atoms in total. The number of hydrogen-bond donors (Lipinski definition) is 3. The number of hydrazine groups is 1. The third-order valence-electron chi connectivity index (χ3n) is 2.48. The highest BCUT2D eigenvalue weighted by atomic mass is 32.2. The molecule has 0 aliphatic heterocycles. The summed E-state index contributed by atoms with van der Waals surface area (Å²) in [7, 11) is -3.62. The number of rotatable bonds is 5. The molecule has 0 spiro atoms. The molecular weight excluding hydrogens is 286 g/mol. The second-order valence-corrected chi connectivity index (χ2v) is 6.30. The topological polar surface area (TPSA) is 110 Å². The third kappa shape index (κ3) is 3.26. The van der Waals surface area contributed by atoms with E-state index in [1.165, 1.54) is 23.7 Å². The van der Waals surface area contributed by atoms with Crippen LogP contribution in [0.1, 0.15) is 11.1 Å². The summed E-state index contributed by atoms with van der Waals surface area (Å²) in [5.74, 6) is 5.27. The van der Waals surface area contributed by atoms with E-state index >= 15 is 0 Å². The molecule has 2 aromatic rings. The molecule has 4 N–H and O–H groups in total. The number of nitrogens with two attached hydrogens (primary N) is 1. The fourth-order valence-electron chi connectivity index (χ4n) is 1.35. The summed E-state index contributed by atoms with van der Waals surface area (Å²) >= 11 is 1.54. The Hall–Kier alpha value is -1.55. The first-order valence-electron chi connectivity index (χ1n) is 5.33. The van der Waals surface area contributed by atoms with Crippen LogP contribution in [0.25, 0.3) is 0 Å². The van der Waals surface area contributed by atoms with Crippen LogP contribution in [0.2, 0.25) is 0 Å². The quantitative estimate of drug-likeness (QED) is 0.551. The van der Waals surface area contributed by atoms with Crippen LogP contribution in [0, 0.1) is 6.92 Å². The average Bonchev–Trinajstić information content (AvgIpc) is 2.82. The molecule has 0 saturated heterocycles. The molecule has 0 aliphatic rings. The summed E-state index contributed by atoms with van der Waals surface area (Å²) in [6.07, 6.45) is 2.40. The zero-order valence-electron chi connectivity index (χ0n) is 10.1. The van der Waals surface area contributed by atoms with Crippen LogP contribution in [0.5, 0.6) is 0 Å². The lowest BCUT2D eigenvalue weighted by Gasteiger charge is -2.06. The molecule has 0 radical (unpaired) electrons. The van der Waals surface area contributed by atoms with Crippen molar-refractivity contribution >= 4 is 27.3 Å². The molecule has 0 aromatic carbocycles. The summed E-state index contributed by atoms with van der Waals surface area (Å²) in [4.78, 5) is 7.52. The van der Waals surface area contributed by atoms with Gasteiger partial charge < -0.3 is 0 Å². The summed E-state index contributed by atoms with van der Waals surface area (Å²) in [6, 6.07) is 0. The number of aryl methyl sites for hydroxylation is 1. The lowest BCUT2D eigenvalue weighted by molar-refractivity contribution is 0.580. The van der Waals surface area contributed by atoms with E-state index in [4.69, 9.17) is 5.84 Å². The Balaban J connectivity index is 2.11. The molecule has 0 amide bonds. The first-order chi connectivity index (χ1) is 9.03. The molecule has 2 aromatic heterocycles. The predicted molar refractivity (Wildman–Crippen MR) is 72.9 cm³/mol. The highest BCUT2D eigenvalue weighted by molar-refractivity contribution is 7.89. The number of aromatic nitrogens is 2. The van der Waals surface area contributed by atoms with Gasteiger partial charge in [-0.25, -0.2) is 29.0 Å². The largest absolute Gasteiger partial charge is 0.292 e. The predicted octanol–water partition coefficient (Wildman–Crippen LogP) is 0.611. The third-order valence-corrected chi connectivity index (χ3v) is 4.75. The van der Waals surface area contributed by atoms with Crippen LogP contribution < -0.4 is 16.0 Å². The molecule has 102 valence electrons. The molecule has 0 unspecified atom stereocenters. The second-order valence-electron chi connectivity index (χ2n) is 3.79. The Labute approximate surface area is 114 Å². The fraction of sp³-hybridized carbons (Fsp3) is 0.200. The zero-order valence-corrected chi connectivity index (χ0v) is 11.8. The van der Waals surface area contributed by atoms with Crippen molar-refractivity contribution in [2.75, 3.05) is 5.43 Å².